The van der Waals surface area contributed by atoms with Gasteiger partial charge in [0.25, 0.3) is 0 Å². The van der Waals surface area contributed by atoms with Crippen LogP contribution >= 0.6 is 0 Å². The maximum atomic E-state index is 12.1. The summed E-state index contributed by atoms with van der Waals surface area (Å²) in [5.74, 6) is 0.841. The molecule has 0 unspecified atom stereocenters. The molecule has 1 amide bonds. The number of rotatable bonds is 6. The van der Waals surface area contributed by atoms with Gasteiger partial charge in [-0.25, -0.2) is 4.79 Å². The Morgan fingerprint density at radius 3 is 2.60 bits per heavy atom. The van der Waals surface area contributed by atoms with Crippen LogP contribution in [0, 0.1) is 0 Å². The molecular formula is C15H23NO4. The molecular weight excluding hydrogens is 258 g/mol. The zero-order valence-corrected chi connectivity index (χ0v) is 12.6. The average Bonchev–Trinajstić information content (AvgIpc) is 2.79. The first-order valence-corrected chi connectivity index (χ1v) is 6.87. The van der Waals surface area contributed by atoms with Gasteiger partial charge < -0.3 is 14.1 Å². The normalized spacial score (nSPS) is 11.2. The highest BCUT2D eigenvalue weighted by Crippen LogP contribution is 2.15. The molecule has 1 rings (SSSR count). The molecule has 0 aliphatic heterocycles. The van der Waals surface area contributed by atoms with E-state index >= 15 is 0 Å². The number of unbranched alkanes of at least 4 members (excludes halogenated alkanes) is 1. The molecule has 0 aliphatic rings. The van der Waals surface area contributed by atoms with E-state index in [1.807, 2.05) is 20.8 Å². The molecule has 0 aliphatic carbocycles. The van der Waals surface area contributed by atoms with E-state index in [0.29, 0.717) is 25.1 Å². The lowest BCUT2D eigenvalue weighted by Crippen LogP contribution is -2.37. The minimum Gasteiger partial charge on any atom is -0.456 e. The second-order valence-electron chi connectivity index (χ2n) is 5.68. The molecule has 1 aromatic heterocycles. The lowest BCUT2D eigenvalue weighted by Gasteiger charge is -2.26. The second-order valence-corrected chi connectivity index (χ2v) is 5.68. The summed E-state index contributed by atoms with van der Waals surface area (Å²) in [5, 5.41) is 0. The van der Waals surface area contributed by atoms with Gasteiger partial charge in [0.05, 0.1) is 6.54 Å². The van der Waals surface area contributed by atoms with Crippen LogP contribution in [0.25, 0.3) is 0 Å². The highest BCUT2D eigenvalue weighted by molar-refractivity contribution is 5.70. The molecule has 0 saturated carbocycles. The number of nitrogens with zero attached hydrogens (tertiary/aromatic N) is 1. The Morgan fingerprint density at radius 2 is 2.10 bits per heavy atom. The summed E-state index contributed by atoms with van der Waals surface area (Å²) in [6.07, 6.45) is 2.15. The summed E-state index contributed by atoms with van der Waals surface area (Å²) in [4.78, 5) is 24.3. The third kappa shape index (κ3) is 5.47. The summed E-state index contributed by atoms with van der Waals surface area (Å²) in [6, 6.07) is 3.29. The zero-order chi connectivity index (χ0) is 15.2. The Balaban J connectivity index is 2.72. The Morgan fingerprint density at radius 1 is 1.40 bits per heavy atom. The third-order valence-electron chi connectivity index (χ3n) is 2.58. The van der Waals surface area contributed by atoms with Crippen molar-refractivity contribution in [3.8, 4) is 0 Å². The van der Waals surface area contributed by atoms with Crippen LogP contribution in [0.4, 0.5) is 4.79 Å². The van der Waals surface area contributed by atoms with Gasteiger partial charge in [-0.15, -0.1) is 0 Å². The van der Waals surface area contributed by atoms with Crippen molar-refractivity contribution in [1.29, 1.82) is 0 Å². The first-order chi connectivity index (χ1) is 9.35. The number of hydrogen-bond acceptors (Lipinski definition) is 4. The fraction of sp³-hybridized carbons (Fsp3) is 0.600. The number of carbonyl (C=O) groups excluding carboxylic acids is 2. The van der Waals surface area contributed by atoms with E-state index in [4.69, 9.17) is 9.15 Å². The monoisotopic (exact) mass is 281 g/mol. The predicted octanol–water partition coefficient (Wildman–Crippen LogP) is 3.63. The fourth-order valence-electron chi connectivity index (χ4n) is 1.64. The Hall–Kier alpha value is -1.78. The Labute approximate surface area is 119 Å². The van der Waals surface area contributed by atoms with Gasteiger partial charge >= 0.3 is 6.09 Å². The molecule has 5 nitrogen and oxygen atoms in total. The van der Waals surface area contributed by atoms with E-state index in [-0.39, 0.29) is 11.9 Å². The van der Waals surface area contributed by atoms with Crippen molar-refractivity contribution in [3.63, 3.8) is 0 Å². The SMILES string of the molecule is CCCCN(Cc1ccc(C=O)o1)C(=O)OC(C)(C)C. The molecule has 0 fully saturated rings. The van der Waals surface area contributed by atoms with Crippen molar-refractivity contribution in [2.24, 2.45) is 0 Å². The first-order valence-electron chi connectivity index (χ1n) is 6.87. The summed E-state index contributed by atoms with van der Waals surface area (Å²) in [6.45, 7) is 8.47. The number of hydrogen-bond donors (Lipinski definition) is 0. The van der Waals surface area contributed by atoms with Crippen molar-refractivity contribution in [2.75, 3.05) is 6.54 Å². The lowest BCUT2D eigenvalue weighted by atomic mass is 10.2. The Kier molecular flexibility index (Phi) is 5.80. The van der Waals surface area contributed by atoms with Gasteiger partial charge in [0.1, 0.15) is 11.4 Å². The van der Waals surface area contributed by atoms with Crippen molar-refractivity contribution in [3.05, 3.63) is 23.7 Å². The molecule has 0 radical (unpaired) electrons. The van der Waals surface area contributed by atoms with Crippen molar-refractivity contribution < 1.29 is 18.7 Å². The summed E-state index contributed by atoms with van der Waals surface area (Å²) in [7, 11) is 0. The molecule has 0 bridgehead atoms. The topological polar surface area (TPSA) is 59.8 Å². The molecule has 0 saturated heterocycles. The number of ether oxygens (including phenoxy) is 1. The smallest absolute Gasteiger partial charge is 0.410 e. The molecule has 0 atom stereocenters. The average molecular weight is 281 g/mol. The van der Waals surface area contributed by atoms with Gasteiger partial charge in [0.15, 0.2) is 12.0 Å². The molecule has 112 valence electrons. The van der Waals surface area contributed by atoms with Gasteiger partial charge in [-0.05, 0) is 39.3 Å². The first kappa shape index (κ1) is 16.3. The summed E-state index contributed by atoms with van der Waals surface area (Å²) >= 11 is 0. The molecule has 1 aromatic rings. The van der Waals surface area contributed by atoms with Crippen LogP contribution in [0.5, 0.6) is 0 Å². The van der Waals surface area contributed by atoms with Gasteiger partial charge in [0, 0.05) is 6.54 Å². The minimum atomic E-state index is -0.529. The zero-order valence-electron chi connectivity index (χ0n) is 12.6. The largest absolute Gasteiger partial charge is 0.456 e. The van der Waals surface area contributed by atoms with E-state index in [1.165, 1.54) is 0 Å². The lowest BCUT2D eigenvalue weighted by molar-refractivity contribution is 0.0218. The van der Waals surface area contributed by atoms with Crippen LogP contribution < -0.4 is 0 Å². The van der Waals surface area contributed by atoms with Crippen molar-refractivity contribution in [2.45, 2.75) is 52.7 Å². The number of carbonyl (C=O) groups is 2. The van der Waals surface area contributed by atoms with Crippen LogP contribution in [0.3, 0.4) is 0 Å². The van der Waals surface area contributed by atoms with E-state index in [9.17, 15) is 9.59 Å². The van der Waals surface area contributed by atoms with Crippen molar-refractivity contribution >= 4 is 12.4 Å². The molecule has 1 heterocycles. The highest BCUT2D eigenvalue weighted by atomic mass is 16.6. The standard InChI is InChI=1S/C15H23NO4/c1-5-6-9-16(14(18)20-15(2,3)4)10-12-7-8-13(11-17)19-12/h7-8,11H,5-6,9-10H2,1-4H3. The number of amides is 1. The van der Waals surface area contributed by atoms with E-state index < -0.39 is 5.60 Å². The molecule has 0 N–H and O–H groups in total. The van der Waals surface area contributed by atoms with Crippen molar-refractivity contribution in [1.82, 2.24) is 4.90 Å². The predicted molar refractivity (Wildman–Crippen MR) is 75.6 cm³/mol. The quantitative estimate of drug-likeness (QED) is 0.747. The highest BCUT2D eigenvalue weighted by Gasteiger charge is 2.22. The molecule has 0 spiro atoms. The molecule has 20 heavy (non-hydrogen) atoms. The minimum absolute atomic E-state index is 0.264. The maximum absolute atomic E-state index is 12.1. The molecule has 0 aromatic carbocycles. The fourth-order valence-corrected chi connectivity index (χ4v) is 1.64. The summed E-state index contributed by atoms with van der Waals surface area (Å²) in [5.41, 5.74) is -0.529. The maximum Gasteiger partial charge on any atom is 0.410 e. The van der Waals surface area contributed by atoms with E-state index in [0.717, 1.165) is 12.8 Å². The van der Waals surface area contributed by atoms with E-state index in [2.05, 4.69) is 6.92 Å². The van der Waals surface area contributed by atoms with Gasteiger partial charge in [-0.2, -0.15) is 0 Å². The van der Waals surface area contributed by atoms with Crippen LogP contribution in [0.15, 0.2) is 16.5 Å². The van der Waals surface area contributed by atoms with Gasteiger partial charge in [-0.3, -0.25) is 4.79 Å². The van der Waals surface area contributed by atoms with E-state index in [1.54, 1.807) is 17.0 Å². The van der Waals surface area contributed by atoms with Gasteiger partial charge in [0.2, 0.25) is 0 Å². The molecule has 5 heteroatoms. The van der Waals surface area contributed by atoms with Gasteiger partial charge in [-0.1, -0.05) is 13.3 Å². The van der Waals surface area contributed by atoms with Crippen LogP contribution in [0.2, 0.25) is 0 Å². The third-order valence-corrected chi connectivity index (χ3v) is 2.58. The van der Waals surface area contributed by atoms with Crippen LogP contribution in [0.1, 0.15) is 56.9 Å². The summed E-state index contributed by atoms with van der Waals surface area (Å²) < 4.78 is 10.7. The Bertz CT molecular complexity index is 445. The second kappa shape index (κ2) is 7.12. The number of aldehydes is 1. The van der Waals surface area contributed by atoms with Crippen LogP contribution in [-0.2, 0) is 11.3 Å². The number of furan rings is 1. The van der Waals surface area contributed by atoms with Crippen LogP contribution in [-0.4, -0.2) is 29.4 Å².